The van der Waals surface area contributed by atoms with Crippen molar-refractivity contribution in [3.05, 3.63) is 46.2 Å². The number of thiazole rings is 1. The fraction of sp³-hybridized carbons (Fsp3) is 0.438. The van der Waals surface area contributed by atoms with Gasteiger partial charge in [0.25, 0.3) is 0 Å². The Morgan fingerprint density at radius 1 is 1.32 bits per heavy atom. The van der Waals surface area contributed by atoms with Gasteiger partial charge in [0.05, 0.1) is 23.0 Å². The molecule has 1 aromatic carbocycles. The number of hydrogen-bond acceptors (Lipinski definition) is 5. The molecular formula is C16H20FN3OS. The molecule has 1 aromatic heterocycles. The summed E-state index contributed by atoms with van der Waals surface area (Å²) in [6.07, 6.45) is 1.17. The molecule has 2 heterocycles. The summed E-state index contributed by atoms with van der Waals surface area (Å²) in [7, 11) is 0. The number of rotatable bonds is 5. The first kappa shape index (κ1) is 15.4. The highest BCUT2D eigenvalue weighted by Crippen LogP contribution is 2.24. The zero-order chi connectivity index (χ0) is 15.4. The van der Waals surface area contributed by atoms with E-state index in [9.17, 15) is 9.50 Å². The lowest BCUT2D eigenvalue weighted by Gasteiger charge is -2.31. The summed E-state index contributed by atoms with van der Waals surface area (Å²) in [4.78, 5) is 6.21. The minimum atomic E-state index is -0.242. The first-order valence-corrected chi connectivity index (χ1v) is 8.46. The Bertz CT molecular complexity index is 597. The third-order valence-corrected chi connectivity index (χ3v) is 4.57. The van der Waals surface area contributed by atoms with Gasteiger partial charge in [-0.05, 0) is 30.5 Å². The van der Waals surface area contributed by atoms with E-state index in [1.54, 1.807) is 22.9 Å². The predicted molar refractivity (Wildman–Crippen MR) is 86.5 cm³/mol. The average Bonchev–Trinajstić information content (AvgIpc) is 3.02. The summed E-state index contributed by atoms with van der Waals surface area (Å²) in [6, 6.07) is 5.39. The van der Waals surface area contributed by atoms with E-state index in [-0.39, 0.29) is 11.9 Å². The van der Waals surface area contributed by atoms with Crippen LogP contribution in [0.1, 0.15) is 24.1 Å². The van der Waals surface area contributed by atoms with Crippen molar-refractivity contribution in [3.63, 3.8) is 0 Å². The smallest absolute Gasteiger partial charge is 0.146 e. The molecule has 1 fully saturated rings. The molecule has 118 valence electrons. The average molecular weight is 321 g/mol. The summed E-state index contributed by atoms with van der Waals surface area (Å²) in [5, 5.41) is 14.8. The van der Waals surface area contributed by atoms with Gasteiger partial charge in [-0.2, -0.15) is 0 Å². The minimum Gasteiger partial charge on any atom is -0.393 e. The number of piperidine rings is 1. The molecule has 4 nitrogen and oxygen atoms in total. The highest BCUT2D eigenvalue weighted by atomic mass is 32.1. The number of aromatic nitrogens is 1. The van der Waals surface area contributed by atoms with Crippen molar-refractivity contribution in [3.8, 4) is 0 Å². The van der Waals surface area contributed by atoms with Crippen LogP contribution in [-0.4, -0.2) is 29.3 Å². The largest absolute Gasteiger partial charge is 0.393 e. The van der Waals surface area contributed by atoms with Crippen LogP contribution in [0.3, 0.4) is 0 Å². The van der Waals surface area contributed by atoms with E-state index in [4.69, 9.17) is 0 Å². The first-order valence-electron chi connectivity index (χ1n) is 7.51. The molecule has 0 amide bonds. The van der Waals surface area contributed by atoms with Gasteiger partial charge < -0.3 is 15.3 Å². The van der Waals surface area contributed by atoms with Gasteiger partial charge in [0, 0.05) is 31.6 Å². The van der Waals surface area contributed by atoms with Gasteiger partial charge in [0.1, 0.15) is 5.82 Å². The standard InChI is InChI=1S/C16H20FN3OS/c17-15-7-12(8-18-9-13-10-22-11-19-13)1-2-16(15)20-5-3-14(21)4-6-20/h1-2,7,10-11,14,18,21H,3-6,8-9H2. The Kier molecular flexibility index (Phi) is 5.02. The van der Waals surface area contributed by atoms with Crippen molar-refractivity contribution in [1.29, 1.82) is 0 Å². The molecule has 0 aliphatic carbocycles. The van der Waals surface area contributed by atoms with Gasteiger partial charge in [-0.1, -0.05) is 6.07 Å². The number of aliphatic hydroxyl groups excluding tert-OH is 1. The van der Waals surface area contributed by atoms with E-state index in [1.165, 1.54) is 0 Å². The first-order chi connectivity index (χ1) is 10.7. The molecule has 1 aliphatic rings. The van der Waals surface area contributed by atoms with Crippen LogP contribution in [0.5, 0.6) is 0 Å². The third-order valence-electron chi connectivity index (χ3n) is 3.94. The van der Waals surface area contributed by atoms with Gasteiger partial charge in [0.15, 0.2) is 0 Å². The van der Waals surface area contributed by atoms with E-state index < -0.39 is 0 Å². The van der Waals surface area contributed by atoms with E-state index in [0.29, 0.717) is 44.7 Å². The second-order valence-electron chi connectivity index (χ2n) is 5.59. The molecule has 0 spiro atoms. The second-order valence-corrected chi connectivity index (χ2v) is 6.31. The Balaban J connectivity index is 1.57. The molecular weight excluding hydrogens is 301 g/mol. The Labute approximate surface area is 133 Å². The molecule has 2 N–H and O–H groups in total. The van der Waals surface area contributed by atoms with Gasteiger partial charge in [-0.25, -0.2) is 9.37 Å². The number of benzene rings is 1. The highest BCUT2D eigenvalue weighted by Gasteiger charge is 2.19. The van der Waals surface area contributed by atoms with Crippen molar-refractivity contribution in [1.82, 2.24) is 10.3 Å². The zero-order valence-corrected chi connectivity index (χ0v) is 13.2. The zero-order valence-electron chi connectivity index (χ0n) is 12.3. The van der Waals surface area contributed by atoms with Crippen molar-refractivity contribution < 1.29 is 9.50 Å². The predicted octanol–water partition coefficient (Wildman–Crippen LogP) is 2.53. The van der Waals surface area contributed by atoms with Gasteiger partial charge in [0.2, 0.25) is 0 Å². The van der Waals surface area contributed by atoms with Crippen molar-refractivity contribution in [2.75, 3.05) is 18.0 Å². The Morgan fingerprint density at radius 3 is 2.82 bits per heavy atom. The lowest BCUT2D eigenvalue weighted by atomic mass is 10.1. The van der Waals surface area contributed by atoms with E-state index >= 15 is 0 Å². The molecule has 0 bridgehead atoms. The monoisotopic (exact) mass is 321 g/mol. The van der Waals surface area contributed by atoms with Crippen LogP contribution in [0, 0.1) is 5.82 Å². The van der Waals surface area contributed by atoms with Crippen LogP contribution < -0.4 is 10.2 Å². The van der Waals surface area contributed by atoms with Crippen molar-refractivity contribution in [2.24, 2.45) is 0 Å². The number of nitrogens with zero attached hydrogens (tertiary/aromatic N) is 2. The molecule has 0 saturated carbocycles. The quantitative estimate of drug-likeness (QED) is 0.888. The van der Waals surface area contributed by atoms with Crippen LogP contribution in [-0.2, 0) is 13.1 Å². The van der Waals surface area contributed by atoms with Crippen LogP contribution in [0.4, 0.5) is 10.1 Å². The molecule has 1 aliphatic heterocycles. The Morgan fingerprint density at radius 2 is 2.14 bits per heavy atom. The molecule has 3 rings (SSSR count). The van der Waals surface area contributed by atoms with Crippen molar-refractivity contribution >= 4 is 17.0 Å². The number of anilines is 1. The van der Waals surface area contributed by atoms with Crippen LogP contribution in [0.15, 0.2) is 29.1 Å². The summed E-state index contributed by atoms with van der Waals surface area (Å²) in [5.41, 5.74) is 4.37. The SMILES string of the molecule is OC1CCN(c2ccc(CNCc3cscn3)cc2F)CC1. The van der Waals surface area contributed by atoms with Gasteiger partial charge in [-0.3, -0.25) is 0 Å². The number of hydrogen-bond donors (Lipinski definition) is 2. The molecule has 0 radical (unpaired) electrons. The fourth-order valence-corrected chi connectivity index (χ4v) is 3.24. The third kappa shape index (κ3) is 3.82. The molecule has 0 atom stereocenters. The van der Waals surface area contributed by atoms with Gasteiger partial charge in [-0.15, -0.1) is 11.3 Å². The molecule has 0 unspecified atom stereocenters. The van der Waals surface area contributed by atoms with E-state index in [2.05, 4.69) is 10.3 Å². The summed E-state index contributed by atoms with van der Waals surface area (Å²) >= 11 is 1.57. The Hall–Kier alpha value is -1.50. The molecule has 2 aromatic rings. The summed E-state index contributed by atoms with van der Waals surface area (Å²) in [6.45, 7) is 2.73. The molecule has 1 saturated heterocycles. The lowest BCUT2D eigenvalue weighted by molar-refractivity contribution is 0.145. The summed E-state index contributed by atoms with van der Waals surface area (Å²) in [5.74, 6) is -0.190. The van der Waals surface area contributed by atoms with Crippen LogP contribution >= 0.6 is 11.3 Å². The van der Waals surface area contributed by atoms with Crippen LogP contribution in [0.25, 0.3) is 0 Å². The fourth-order valence-electron chi connectivity index (χ4n) is 2.68. The maximum absolute atomic E-state index is 14.3. The minimum absolute atomic E-state index is 0.190. The maximum Gasteiger partial charge on any atom is 0.146 e. The molecule has 22 heavy (non-hydrogen) atoms. The molecule has 6 heteroatoms. The number of aliphatic hydroxyl groups is 1. The van der Waals surface area contributed by atoms with Gasteiger partial charge >= 0.3 is 0 Å². The second kappa shape index (κ2) is 7.17. The maximum atomic E-state index is 14.3. The topological polar surface area (TPSA) is 48.4 Å². The van der Waals surface area contributed by atoms with Crippen LogP contribution in [0.2, 0.25) is 0 Å². The normalized spacial score (nSPS) is 16.2. The number of halogens is 1. The van der Waals surface area contributed by atoms with E-state index in [0.717, 1.165) is 11.3 Å². The van der Waals surface area contributed by atoms with Crippen molar-refractivity contribution in [2.45, 2.75) is 32.0 Å². The lowest BCUT2D eigenvalue weighted by Crippen LogP contribution is -2.36. The van der Waals surface area contributed by atoms with E-state index in [1.807, 2.05) is 22.4 Å². The number of nitrogens with one attached hydrogen (secondary N) is 1. The summed E-state index contributed by atoms with van der Waals surface area (Å²) < 4.78 is 14.3. The highest BCUT2D eigenvalue weighted by molar-refractivity contribution is 7.07.